The van der Waals surface area contributed by atoms with Crippen molar-refractivity contribution in [3.05, 3.63) is 17.3 Å². The molecule has 2 aromatic heterocycles. The third kappa shape index (κ3) is 2.94. The predicted molar refractivity (Wildman–Crippen MR) is 82.1 cm³/mol. The van der Waals surface area contributed by atoms with Gasteiger partial charge in [-0.25, -0.2) is 9.97 Å². The molecular formula is C13H17N5O2S. The molecule has 0 saturated heterocycles. The van der Waals surface area contributed by atoms with Crippen molar-refractivity contribution in [2.24, 2.45) is 0 Å². The van der Waals surface area contributed by atoms with Crippen LogP contribution in [-0.4, -0.2) is 58.8 Å². The van der Waals surface area contributed by atoms with Gasteiger partial charge in [-0.15, -0.1) is 11.3 Å². The van der Waals surface area contributed by atoms with Crippen molar-refractivity contribution in [2.75, 3.05) is 32.9 Å². The number of nitrogens with zero attached hydrogens (tertiary/aromatic N) is 4. The lowest BCUT2D eigenvalue weighted by molar-refractivity contribution is -0.129. The van der Waals surface area contributed by atoms with Crippen molar-refractivity contribution in [2.45, 2.75) is 6.92 Å². The summed E-state index contributed by atoms with van der Waals surface area (Å²) in [5.74, 6) is -0.406. The van der Waals surface area contributed by atoms with E-state index in [0.717, 1.165) is 0 Å². The Bertz CT molecular complexity index is 682. The number of nitrogen functional groups attached to an aromatic ring is 1. The van der Waals surface area contributed by atoms with Crippen LogP contribution in [0.5, 0.6) is 0 Å². The summed E-state index contributed by atoms with van der Waals surface area (Å²) < 4.78 is 0. The Morgan fingerprint density at radius 3 is 2.52 bits per heavy atom. The third-order valence-corrected chi connectivity index (χ3v) is 4.14. The highest BCUT2D eigenvalue weighted by Crippen LogP contribution is 2.31. The van der Waals surface area contributed by atoms with Crippen LogP contribution in [0.4, 0.5) is 5.69 Å². The fraction of sp³-hybridized carbons (Fsp3) is 0.385. The average molecular weight is 307 g/mol. The van der Waals surface area contributed by atoms with Crippen LogP contribution in [0.1, 0.15) is 16.6 Å². The Morgan fingerprint density at radius 2 is 1.95 bits per heavy atom. The molecule has 0 radical (unpaired) electrons. The van der Waals surface area contributed by atoms with Gasteiger partial charge in [0, 0.05) is 33.0 Å². The van der Waals surface area contributed by atoms with E-state index in [4.69, 9.17) is 5.73 Å². The standard InChI is InChI=1S/C13H17N5O2S/c1-4-18(7-8(19)17(2)3)13(20)11-9(14)10-12(21-11)16-6-5-15-10/h5-6H,4,7,14H2,1-3H3. The van der Waals surface area contributed by atoms with E-state index in [1.807, 2.05) is 6.92 Å². The fourth-order valence-corrected chi connectivity index (χ4v) is 2.77. The molecule has 0 aliphatic carbocycles. The summed E-state index contributed by atoms with van der Waals surface area (Å²) in [5.41, 5.74) is 6.84. The van der Waals surface area contributed by atoms with E-state index in [9.17, 15) is 9.59 Å². The van der Waals surface area contributed by atoms with Gasteiger partial charge in [0.1, 0.15) is 21.8 Å². The number of nitrogens with two attached hydrogens (primary N) is 1. The van der Waals surface area contributed by atoms with Crippen molar-refractivity contribution < 1.29 is 9.59 Å². The van der Waals surface area contributed by atoms with E-state index in [-0.39, 0.29) is 18.4 Å². The summed E-state index contributed by atoms with van der Waals surface area (Å²) in [6.07, 6.45) is 3.09. The van der Waals surface area contributed by atoms with Gasteiger partial charge < -0.3 is 15.5 Å². The zero-order valence-corrected chi connectivity index (χ0v) is 13.0. The largest absolute Gasteiger partial charge is 0.396 e. The van der Waals surface area contributed by atoms with Crippen LogP contribution < -0.4 is 5.73 Å². The fourth-order valence-electron chi connectivity index (χ4n) is 1.78. The normalized spacial score (nSPS) is 10.6. The first-order valence-corrected chi connectivity index (χ1v) is 7.25. The highest BCUT2D eigenvalue weighted by Gasteiger charge is 2.24. The molecule has 0 aliphatic rings. The minimum atomic E-state index is -0.269. The van der Waals surface area contributed by atoms with Gasteiger partial charge in [-0.1, -0.05) is 0 Å². The smallest absolute Gasteiger partial charge is 0.266 e. The van der Waals surface area contributed by atoms with Crippen LogP contribution in [-0.2, 0) is 4.79 Å². The number of carbonyl (C=O) groups is 2. The van der Waals surface area contributed by atoms with Crippen molar-refractivity contribution in [1.29, 1.82) is 0 Å². The van der Waals surface area contributed by atoms with E-state index in [2.05, 4.69) is 9.97 Å². The molecule has 0 spiro atoms. The van der Waals surface area contributed by atoms with Crippen LogP contribution in [0, 0.1) is 0 Å². The molecule has 8 heteroatoms. The van der Waals surface area contributed by atoms with Crippen LogP contribution in [0.15, 0.2) is 12.4 Å². The second-order valence-corrected chi connectivity index (χ2v) is 5.66. The lowest BCUT2D eigenvalue weighted by Crippen LogP contribution is -2.40. The molecule has 0 bridgehead atoms. The maximum atomic E-state index is 12.6. The second kappa shape index (κ2) is 6.04. The number of hydrogen-bond acceptors (Lipinski definition) is 6. The zero-order chi connectivity index (χ0) is 15.6. The minimum Gasteiger partial charge on any atom is -0.396 e. The number of rotatable bonds is 4. The molecule has 0 aliphatic heterocycles. The monoisotopic (exact) mass is 307 g/mol. The maximum Gasteiger partial charge on any atom is 0.266 e. The quantitative estimate of drug-likeness (QED) is 0.903. The Labute approximate surface area is 126 Å². The third-order valence-electron chi connectivity index (χ3n) is 3.05. The molecule has 0 aromatic carbocycles. The van der Waals surface area contributed by atoms with Gasteiger partial charge in [0.15, 0.2) is 0 Å². The van der Waals surface area contributed by atoms with Crippen LogP contribution >= 0.6 is 11.3 Å². The van der Waals surface area contributed by atoms with Gasteiger partial charge in [0.25, 0.3) is 5.91 Å². The SMILES string of the molecule is CCN(CC(=O)N(C)C)C(=O)c1sc2nccnc2c1N. The summed E-state index contributed by atoms with van der Waals surface area (Å²) in [6.45, 7) is 2.27. The molecule has 7 nitrogen and oxygen atoms in total. The molecule has 0 unspecified atom stereocenters. The van der Waals surface area contributed by atoms with E-state index in [0.29, 0.717) is 27.5 Å². The Morgan fingerprint density at radius 1 is 1.29 bits per heavy atom. The van der Waals surface area contributed by atoms with Gasteiger partial charge in [0.05, 0.1) is 5.69 Å². The number of amides is 2. The number of thiophene rings is 1. The minimum absolute atomic E-state index is 0.0247. The second-order valence-electron chi connectivity index (χ2n) is 4.66. The average Bonchev–Trinajstić information content (AvgIpc) is 2.81. The molecule has 2 N–H and O–H groups in total. The molecule has 0 fully saturated rings. The number of aromatic nitrogens is 2. The molecule has 2 rings (SSSR count). The van der Waals surface area contributed by atoms with Crippen LogP contribution in [0.3, 0.4) is 0 Å². The summed E-state index contributed by atoms with van der Waals surface area (Å²) in [6, 6.07) is 0. The lowest BCUT2D eigenvalue weighted by Gasteiger charge is -2.21. The van der Waals surface area contributed by atoms with Crippen molar-refractivity contribution in [3.8, 4) is 0 Å². The molecule has 2 aromatic rings. The van der Waals surface area contributed by atoms with Gasteiger partial charge in [-0.2, -0.15) is 0 Å². The number of hydrogen-bond donors (Lipinski definition) is 1. The van der Waals surface area contributed by atoms with E-state index in [1.54, 1.807) is 20.3 Å². The van der Waals surface area contributed by atoms with Gasteiger partial charge >= 0.3 is 0 Å². The molecular weight excluding hydrogens is 290 g/mol. The highest BCUT2D eigenvalue weighted by atomic mass is 32.1. The van der Waals surface area contributed by atoms with Crippen molar-refractivity contribution in [1.82, 2.24) is 19.8 Å². The maximum absolute atomic E-state index is 12.6. The van der Waals surface area contributed by atoms with E-state index >= 15 is 0 Å². The lowest BCUT2D eigenvalue weighted by atomic mass is 10.3. The summed E-state index contributed by atoms with van der Waals surface area (Å²) in [7, 11) is 3.31. The highest BCUT2D eigenvalue weighted by molar-refractivity contribution is 7.21. The van der Waals surface area contributed by atoms with E-state index < -0.39 is 0 Å². The molecule has 0 atom stereocenters. The molecule has 2 heterocycles. The summed E-state index contributed by atoms with van der Waals surface area (Å²) >= 11 is 1.20. The van der Waals surface area contributed by atoms with Crippen LogP contribution in [0.2, 0.25) is 0 Å². The van der Waals surface area contributed by atoms with Crippen LogP contribution in [0.25, 0.3) is 10.3 Å². The Balaban J connectivity index is 2.31. The molecule has 0 saturated carbocycles. The van der Waals surface area contributed by atoms with Crippen molar-refractivity contribution >= 4 is 39.2 Å². The Kier molecular flexibility index (Phi) is 4.37. The van der Waals surface area contributed by atoms with Gasteiger partial charge in [-0.05, 0) is 6.92 Å². The number of likely N-dealkylation sites (N-methyl/N-ethyl adjacent to an activating group) is 2. The first-order valence-electron chi connectivity index (χ1n) is 6.44. The summed E-state index contributed by atoms with van der Waals surface area (Å²) in [4.78, 5) is 36.5. The van der Waals surface area contributed by atoms with Crippen molar-refractivity contribution in [3.63, 3.8) is 0 Å². The first-order chi connectivity index (χ1) is 9.95. The number of fused-ring (bicyclic) bond motifs is 1. The number of anilines is 1. The first kappa shape index (κ1) is 15.2. The van der Waals surface area contributed by atoms with Gasteiger partial charge in [0.2, 0.25) is 5.91 Å². The van der Waals surface area contributed by atoms with E-state index in [1.165, 1.54) is 27.3 Å². The molecule has 112 valence electrons. The number of carbonyl (C=O) groups excluding carboxylic acids is 2. The topological polar surface area (TPSA) is 92.4 Å². The molecule has 2 amide bonds. The predicted octanol–water partition coefficient (Wildman–Crippen LogP) is 0.824. The zero-order valence-electron chi connectivity index (χ0n) is 12.2. The van der Waals surface area contributed by atoms with Gasteiger partial charge in [-0.3, -0.25) is 9.59 Å². The molecule has 21 heavy (non-hydrogen) atoms. The Hall–Kier alpha value is -2.22. The summed E-state index contributed by atoms with van der Waals surface area (Å²) in [5, 5.41) is 0.